The van der Waals surface area contributed by atoms with Crippen molar-refractivity contribution < 1.29 is 17.9 Å². The second-order valence-corrected chi connectivity index (χ2v) is 7.07. The summed E-state index contributed by atoms with van der Waals surface area (Å²) in [6, 6.07) is 8.42. The van der Waals surface area contributed by atoms with Crippen LogP contribution in [0.25, 0.3) is 0 Å². The summed E-state index contributed by atoms with van der Waals surface area (Å²) in [5, 5.41) is 9.19. The monoisotopic (exact) mass is 373 g/mol. The predicted octanol–water partition coefficient (Wildman–Crippen LogP) is 3.19. The fraction of sp³-hybridized carbons (Fsp3) is 0.143. The molecule has 0 radical (unpaired) electrons. The Morgan fingerprint density at radius 1 is 1.24 bits per heavy atom. The molecule has 7 heteroatoms. The molecule has 0 unspecified atom stereocenters. The van der Waals surface area contributed by atoms with E-state index in [2.05, 4.69) is 20.7 Å². The number of benzene rings is 2. The molecule has 0 aliphatic rings. The van der Waals surface area contributed by atoms with Crippen LogP contribution in [0.15, 0.2) is 45.8 Å². The average molecular weight is 374 g/mol. The molecule has 2 rings (SSSR count). The molecule has 2 aromatic carbocycles. The molecular formula is C14H13BrFNO3S. The summed E-state index contributed by atoms with van der Waals surface area (Å²) in [6.45, 7) is 1.51. The van der Waals surface area contributed by atoms with Gasteiger partial charge in [0.2, 0.25) is 0 Å². The van der Waals surface area contributed by atoms with Gasteiger partial charge in [0.1, 0.15) is 5.82 Å². The van der Waals surface area contributed by atoms with Gasteiger partial charge in [0.15, 0.2) is 0 Å². The topological polar surface area (TPSA) is 66.4 Å². The third kappa shape index (κ3) is 3.61. The fourth-order valence-electron chi connectivity index (χ4n) is 1.76. The summed E-state index contributed by atoms with van der Waals surface area (Å²) >= 11 is 3.10. The van der Waals surface area contributed by atoms with Crippen LogP contribution in [0.1, 0.15) is 11.1 Å². The third-order valence-electron chi connectivity index (χ3n) is 2.98. The van der Waals surface area contributed by atoms with E-state index in [4.69, 9.17) is 0 Å². The molecule has 0 amide bonds. The number of aryl methyl sites for hydroxylation is 1. The van der Waals surface area contributed by atoms with Crippen LogP contribution in [0.3, 0.4) is 0 Å². The minimum atomic E-state index is -3.91. The first kappa shape index (κ1) is 15.9. The van der Waals surface area contributed by atoms with Crippen molar-refractivity contribution in [3.05, 3.63) is 57.8 Å². The zero-order chi connectivity index (χ0) is 15.6. The molecule has 0 fully saturated rings. The molecule has 0 saturated heterocycles. The lowest BCUT2D eigenvalue weighted by Gasteiger charge is -2.11. The standard InChI is InChI=1S/C14H13BrFNO3S/c1-9-2-4-12(6-10(9)8-18)21(19,20)17-14-5-3-11(15)7-13(14)16/h2-7,17-18H,8H2,1H3. The van der Waals surface area contributed by atoms with Gasteiger partial charge in [-0.25, -0.2) is 12.8 Å². The van der Waals surface area contributed by atoms with Crippen molar-refractivity contribution >= 4 is 31.6 Å². The van der Waals surface area contributed by atoms with Crippen LogP contribution in [-0.4, -0.2) is 13.5 Å². The highest BCUT2D eigenvalue weighted by Crippen LogP contribution is 2.23. The molecule has 2 N–H and O–H groups in total. The van der Waals surface area contributed by atoms with Gasteiger partial charge in [-0.2, -0.15) is 0 Å². The van der Waals surface area contributed by atoms with Gasteiger partial charge in [0.05, 0.1) is 17.2 Å². The van der Waals surface area contributed by atoms with E-state index in [-0.39, 0.29) is 17.2 Å². The predicted molar refractivity (Wildman–Crippen MR) is 82.0 cm³/mol. The van der Waals surface area contributed by atoms with E-state index in [0.717, 1.165) is 5.56 Å². The fourth-order valence-corrected chi connectivity index (χ4v) is 3.21. The molecule has 0 heterocycles. The Balaban J connectivity index is 2.38. The Hall–Kier alpha value is -1.44. The average Bonchev–Trinajstić information content (AvgIpc) is 2.42. The Kier molecular flexibility index (Phi) is 4.65. The van der Waals surface area contributed by atoms with Gasteiger partial charge < -0.3 is 5.11 Å². The number of aliphatic hydroxyl groups is 1. The number of halogens is 2. The van der Waals surface area contributed by atoms with Gasteiger partial charge in [0.25, 0.3) is 10.0 Å². The lowest BCUT2D eigenvalue weighted by Crippen LogP contribution is -2.14. The van der Waals surface area contributed by atoms with E-state index in [9.17, 15) is 17.9 Å². The Labute approximate surface area is 130 Å². The molecule has 112 valence electrons. The molecule has 0 aromatic heterocycles. The second-order valence-electron chi connectivity index (χ2n) is 4.48. The first-order chi connectivity index (χ1) is 9.83. The lowest BCUT2D eigenvalue weighted by atomic mass is 10.1. The molecule has 0 aliphatic carbocycles. The van der Waals surface area contributed by atoms with Crippen molar-refractivity contribution in [3.63, 3.8) is 0 Å². The van der Waals surface area contributed by atoms with E-state index in [1.807, 2.05) is 0 Å². The summed E-state index contributed by atoms with van der Waals surface area (Å²) in [4.78, 5) is -0.0283. The lowest BCUT2D eigenvalue weighted by molar-refractivity contribution is 0.281. The molecule has 0 atom stereocenters. The van der Waals surface area contributed by atoms with Crippen LogP contribution in [-0.2, 0) is 16.6 Å². The van der Waals surface area contributed by atoms with Crippen molar-refractivity contribution in [2.75, 3.05) is 4.72 Å². The minimum absolute atomic E-state index is 0.0283. The molecule has 0 spiro atoms. The summed E-state index contributed by atoms with van der Waals surface area (Å²) in [5.74, 6) is -0.678. The Morgan fingerprint density at radius 2 is 1.95 bits per heavy atom. The summed E-state index contributed by atoms with van der Waals surface area (Å²) in [6.07, 6.45) is 0. The van der Waals surface area contributed by atoms with Gasteiger partial charge in [-0.3, -0.25) is 4.72 Å². The summed E-state index contributed by atoms with van der Waals surface area (Å²) in [5.41, 5.74) is 1.16. The van der Waals surface area contributed by atoms with Crippen LogP contribution in [0.2, 0.25) is 0 Å². The van der Waals surface area contributed by atoms with Crippen molar-refractivity contribution in [1.82, 2.24) is 0 Å². The molecular weight excluding hydrogens is 361 g/mol. The molecule has 21 heavy (non-hydrogen) atoms. The molecule has 4 nitrogen and oxygen atoms in total. The maximum absolute atomic E-state index is 13.7. The molecule has 2 aromatic rings. The van der Waals surface area contributed by atoms with E-state index in [1.165, 1.54) is 30.3 Å². The number of hydrogen-bond acceptors (Lipinski definition) is 3. The maximum Gasteiger partial charge on any atom is 0.261 e. The van der Waals surface area contributed by atoms with Crippen LogP contribution < -0.4 is 4.72 Å². The number of aliphatic hydroxyl groups excluding tert-OH is 1. The Bertz CT molecular complexity index is 778. The van der Waals surface area contributed by atoms with Gasteiger partial charge in [-0.05, 0) is 48.4 Å². The zero-order valence-corrected chi connectivity index (χ0v) is 13.5. The van der Waals surface area contributed by atoms with Gasteiger partial charge in [-0.1, -0.05) is 22.0 Å². The van der Waals surface area contributed by atoms with E-state index in [1.54, 1.807) is 13.0 Å². The van der Waals surface area contributed by atoms with Crippen molar-refractivity contribution in [2.24, 2.45) is 0 Å². The first-order valence-electron chi connectivity index (χ1n) is 6.02. The first-order valence-corrected chi connectivity index (χ1v) is 8.29. The zero-order valence-electron chi connectivity index (χ0n) is 11.1. The molecule has 0 saturated carbocycles. The third-order valence-corrected chi connectivity index (χ3v) is 4.83. The van der Waals surface area contributed by atoms with Crippen molar-refractivity contribution in [2.45, 2.75) is 18.4 Å². The number of nitrogens with one attached hydrogen (secondary N) is 1. The van der Waals surface area contributed by atoms with Crippen molar-refractivity contribution in [3.8, 4) is 0 Å². The van der Waals surface area contributed by atoms with Gasteiger partial charge in [0, 0.05) is 4.47 Å². The quantitative estimate of drug-likeness (QED) is 0.864. The smallest absolute Gasteiger partial charge is 0.261 e. The largest absolute Gasteiger partial charge is 0.392 e. The number of sulfonamides is 1. The van der Waals surface area contributed by atoms with E-state index >= 15 is 0 Å². The van der Waals surface area contributed by atoms with Crippen LogP contribution in [0.5, 0.6) is 0 Å². The maximum atomic E-state index is 13.7. The van der Waals surface area contributed by atoms with Crippen LogP contribution in [0, 0.1) is 12.7 Å². The number of rotatable bonds is 4. The highest BCUT2D eigenvalue weighted by molar-refractivity contribution is 9.10. The number of hydrogen-bond donors (Lipinski definition) is 2. The molecule has 0 bridgehead atoms. The van der Waals surface area contributed by atoms with Gasteiger partial charge in [-0.15, -0.1) is 0 Å². The van der Waals surface area contributed by atoms with E-state index in [0.29, 0.717) is 10.0 Å². The summed E-state index contributed by atoms with van der Waals surface area (Å²) in [7, 11) is -3.91. The SMILES string of the molecule is Cc1ccc(S(=O)(=O)Nc2ccc(Br)cc2F)cc1CO. The number of anilines is 1. The van der Waals surface area contributed by atoms with E-state index < -0.39 is 15.8 Å². The highest BCUT2D eigenvalue weighted by Gasteiger charge is 2.17. The van der Waals surface area contributed by atoms with Gasteiger partial charge >= 0.3 is 0 Å². The summed E-state index contributed by atoms with van der Waals surface area (Å²) < 4.78 is 40.9. The second kappa shape index (κ2) is 6.13. The Morgan fingerprint density at radius 3 is 2.57 bits per heavy atom. The highest BCUT2D eigenvalue weighted by atomic mass is 79.9. The minimum Gasteiger partial charge on any atom is -0.392 e. The van der Waals surface area contributed by atoms with Crippen molar-refractivity contribution in [1.29, 1.82) is 0 Å². The van der Waals surface area contributed by atoms with Crippen LogP contribution in [0.4, 0.5) is 10.1 Å². The normalized spacial score (nSPS) is 11.4. The van der Waals surface area contributed by atoms with Crippen LogP contribution >= 0.6 is 15.9 Å². The molecule has 0 aliphatic heterocycles.